The van der Waals surface area contributed by atoms with Crippen LogP contribution < -0.4 is 10.5 Å². The number of hydrogen-bond donors (Lipinski definition) is 2. The highest BCUT2D eigenvalue weighted by Gasteiger charge is 2.03. The van der Waals surface area contributed by atoms with Crippen molar-refractivity contribution in [1.82, 2.24) is 0 Å². The van der Waals surface area contributed by atoms with Gasteiger partial charge in [0, 0.05) is 6.07 Å². The van der Waals surface area contributed by atoms with Crippen molar-refractivity contribution in [3.8, 4) is 11.5 Å². The van der Waals surface area contributed by atoms with Crippen molar-refractivity contribution in [3.05, 3.63) is 24.0 Å². The first-order chi connectivity index (χ1) is 6.24. The molecule has 0 saturated heterocycles. The molecule has 0 aliphatic heterocycles. The molecule has 0 unspecified atom stereocenters. The van der Waals surface area contributed by atoms with Gasteiger partial charge in [-0.15, -0.1) is 0 Å². The summed E-state index contributed by atoms with van der Waals surface area (Å²) >= 11 is 0. The first kappa shape index (κ1) is 9.80. The Hall–Kier alpha value is -1.29. The third kappa shape index (κ3) is 2.91. The summed E-state index contributed by atoms with van der Waals surface area (Å²) in [6, 6.07) is 3.78. The number of halogens is 1. The molecule has 0 aliphatic rings. The highest BCUT2D eigenvalue weighted by atomic mass is 19.1. The van der Waals surface area contributed by atoms with Gasteiger partial charge in [0.15, 0.2) is 11.6 Å². The summed E-state index contributed by atoms with van der Waals surface area (Å²) < 4.78 is 18.0. The van der Waals surface area contributed by atoms with Crippen LogP contribution in [0.2, 0.25) is 0 Å². The lowest BCUT2D eigenvalue weighted by Crippen LogP contribution is -2.06. The maximum atomic E-state index is 13.0. The monoisotopic (exact) mass is 185 g/mol. The van der Waals surface area contributed by atoms with E-state index < -0.39 is 5.82 Å². The summed E-state index contributed by atoms with van der Waals surface area (Å²) in [5, 5.41) is 8.89. The molecule has 0 radical (unpaired) electrons. The van der Waals surface area contributed by atoms with Gasteiger partial charge in [0.05, 0.1) is 6.61 Å². The van der Waals surface area contributed by atoms with Crippen molar-refractivity contribution >= 4 is 0 Å². The predicted molar refractivity (Wildman–Crippen MR) is 47.2 cm³/mol. The van der Waals surface area contributed by atoms with Gasteiger partial charge in [-0.25, -0.2) is 4.39 Å². The van der Waals surface area contributed by atoms with Gasteiger partial charge < -0.3 is 15.6 Å². The summed E-state index contributed by atoms with van der Waals surface area (Å²) in [7, 11) is 0. The zero-order valence-electron chi connectivity index (χ0n) is 7.16. The molecule has 0 saturated carbocycles. The molecule has 3 nitrogen and oxygen atoms in total. The number of phenols is 1. The molecule has 0 spiro atoms. The highest BCUT2D eigenvalue weighted by molar-refractivity contribution is 5.31. The van der Waals surface area contributed by atoms with Gasteiger partial charge in [0.25, 0.3) is 0 Å². The van der Waals surface area contributed by atoms with Crippen molar-refractivity contribution in [2.75, 3.05) is 13.2 Å². The van der Waals surface area contributed by atoms with Crippen LogP contribution in [0, 0.1) is 5.82 Å². The molecule has 1 rings (SSSR count). The molecule has 3 N–H and O–H groups in total. The number of benzene rings is 1. The number of ether oxygens (including phenoxy) is 1. The van der Waals surface area contributed by atoms with E-state index in [0.717, 1.165) is 6.07 Å². The van der Waals surface area contributed by atoms with E-state index in [4.69, 9.17) is 15.6 Å². The molecule has 72 valence electrons. The zero-order chi connectivity index (χ0) is 9.68. The van der Waals surface area contributed by atoms with Gasteiger partial charge in [-0.1, -0.05) is 0 Å². The van der Waals surface area contributed by atoms with Crippen LogP contribution in [0.5, 0.6) is 11.5 Å². The van der Waals surface area contributed by atoms with Crippen molar-refractivity contribution < 1.29 is 14.2 Å². The maximum Gasteiger partial charge on any atom is 0.168 e. The van der Waals surface area contributed by atoms with E-state index in [2.05, 4.69) is 0 Å². The van der Waals surface area contributed by atoms with Crippen LogP contribution in [0.4, 0.5) is 4.39 Å². The maximum absolute atomic E-state index is 13.0. The second-order valence-corrected chi connectivity index (χ2v) is 2.61. The second kappa shape index (κ2) is 4.67. The fourth-order valence-corrected chi connectivity index (χ4v) is 0.872. The average molecular weight is 185 g/mol. The summed E-state index contributed by atoms with van der Waals surface area (Å²) in [4.78, 5) is 0. The molecule has 1 aromatic rings. The molecule has 0 aromatic heterocycles. The molecular weight excluding hydrogens is 173 g/mol. The van der Waals surface area contributed by atoms with Crippen molar-refractivity contribution in [3.63, 3.8) is 0 Å². The first-order valence-electron chi connectivity index (χ1n) is 4.05. The molecule has 0 amide bonds. The van der Waals surface area contributed by atoms with Gasteiger partial charge in [-0.3, -0.25) is 0 Å². The average Bonchev–Trinajstić information content (AvgIpc) is 2.09. The highest BCUT2D eigenvalue weighted by Crippen LogP contribution is 2.21. The number of hydrogen-bond acceptors (Lipinski definition) is 3. The Morgan fingerprint density at radius 3 is 2.85 bits per heavy atom. The van der Waals surface area contributed by atoms with Crippen LogP contribution in [0.25, 0.3) is 0 Å². The first-order valence-corrected chi connectivity index (χ1v) is 4.05. The Bertz CT molecular complexity index is 278. The third-order valence-corrected chi connectivity index (χ3v) is 1.52. The lowest BCUT2D eigenvalue weighted by molar-refractivity contribution is 0.296. The minimum absolute atomic E-state index is 0.108. The van der Waals surface area contributed by atoms with Crippen LogP contribution in [0.1, 0.15) is 6.42 Å². The molecule has 4 heteroatoms. The van der Waals surface area contributed by atoms with Gasteiger partial charge >= 0.3 is 0 Å². The van der Waals surface area contributed by atoms with Crippen LogP contribution in [0.15, 0.2) is 18.2 Å². The van der Waals surface area contributed by atoms with E-state index >= 15 is 0 Å². The lowest BCUT2D eigenvalue weighted by atomic mass is 10.3. The molecular formula is C9H12FNO2. The summed E-state index contributed by atoms with van der Waals surface area (Å²) in [5.41, 5.74) is 5.24. The standard InChI is InChI=1S/C9H12FNO2/c10-8-6-7(12)2-3-9(8)13-5-1-4-11/h2-3,6,12H,1,4-5,11H2. The quantitative estimate of drug-likeness (QED) is 0.694. The van der Waals surface area contributed by atoms with Crippen molar-refractivity contribution in [2.24, 2.45) is 5.73 Å². The minimum atomic E-state index is -0.558. The fourth-order valence-electron chi connectivity index (χ4n) is 0.872. The molecule has 13 heavy (non-hydrogen) atoms. The van der Waals surface area contributed by atoms with E-state index in [1.807, 2.05) is 0 Å². The number of nitrogens with two attached hydrogens (primary N) is 1. The number of aromatic hydroxyl groups is 1. The van der Waals surface area contributed by atoms with Crippen LogP contribution in [0.3, 0.4) is 0 Å². The van der Waals surface area contributed by atoms with E-state index in [0.29, 0.717) is 19.6 Å². The molecule has 1 aromatic carbocycles. The van der Waals surface area contributed by atoms with Gasteiger partial charge in [0.2, 0.25) is 0 Å². The minimum Gasteiger partial charge on any atom is -0.508 e. The SMILES string of the molecule is NCCCOc1ccc(O)cc1F. The number of rotatable bonds is 4. The predicted octanol–water partition coefficient (Wildman–Crippen LogP) is 1.26. The fraction of sp³-hybridized carbons (Fsp3) is 0.333. The lowest BCUT2D eigenvalue weighted by Gasteiger charge is -2.05. The second-order valence-electron chi connectivity index (χ2n) is 2.61. The Labute approximate surface area is 75.9 Å². The Morgan fingerprint density at radius 2 is 2.23 bits per heavy atom. The zero-order valence-corrected chi connectivity index (χ0v) is 7.16. The normalized spacial score (nSPS) is 10.0. The van der Waals surface area contributed by atoms with Crippen LogP contribution in [-0.4, -0.2) is 18.3 Å². The largest absolute Gasteiger partial charge is 0.508 e. The van der Waals surface area contributed by atoms with E-state index in [1.54, 1.807) is 0 Å². The van der Waals surface area contributed by atoms with E-state index in [9.17, 15) is 4.39 Å². The molecule has 0 heterocycles. The molecule has 0 atom stereocenters. The topological polar surface area (TPSA) is 55.5 Å². The van der Waals surface area contributed by atoms with E-state index in [1.165, 1.54) is 12.1 Å². The molecule has 0 fully saturated rings. The number of phenolic OH excluding ortho intramolecular Hbond substituents is 1. The van der Waals surface area contributed by atoms with Crippen molar-refractivity contribution in [2.45, 2.75) is 6.42 Å². The Morgan fingerprint density at radius 1 is 1.46 bits per heavy atom. The summed E-state index contributed by atoms with van der Waals surface area (Å²) in [6.45, 7) is 0.901. The smallest absolute Gasteiger partial charge is 0.168 e. The molecule has 0 aliphatic carbocycles. The van der Waals surface area contributed by atoms with Gasteiger partial charge in [-0.05, 0) is 25.1 Å². The van der Waals surface area contributed by atoms with Crippen LogP contribution in [-0.2, 0) is 0 Å². The Balaban J connectivity index is 2.56. The van der Waals surface area contributed by atoms with Gasteiger partial charge in [-0.2, -0.15) is 0 Å². The van der Waals surface area contributed by atoms with E-state index in [-0.39, 0.29) is 11.5 Å². The van der Waals surface area contributed by atoms with Crippen LogP contribution >= 0.6 is 0 Å². The summed E-state index contributed by atoms with van der Waals surface area (Å²) in [5.74, 6) is -0.521. The van der Waals surface area contributed by atoms with Gasteiger partial charge in [0.1, 0.15) is 5.75 Å². The summed E-state index contributed by atoms with van der Waals surface area (Å²) in [6.07, 6.45) is 0.681. The molecule has 0 bridgehead atoms. The third-order valence-electron chi connectivity index (χ3n) is 1.52. The van der Waals surface area contributed by atoms with Crippen molar-refractivity contribution in [1.29, 1.82) is 0 Å². The Kier molecular flexibility index (Phi) is 3.52.